The van der Waals surface area contributed by atoms with Gasteiger partial charge in [-0.15, -0.1) is 0 Å². The van der Waals surface area contributed by atoms with Crippen LogP contribution in [-0.4, -0.2) is 33.6 Å². The van der Waals surface area contributed by atoms with Crippen molar-refractivity contribution in [2.45, 2.75) is 18.8 Å². The number of hydrogen-bond acceptors (Lipinski definition) is 4. The summed E-state index contributed by atoms with van der Waals surface area (Å²) in [6.45, 7) is 2.00. The zero-order valence-electron chi connectivity index (χ0n) is 10.9. The largest absolute Gasteiger partial charge is 0.493 e. The molecule has 1 N–H and O–H groups in total. The lowest BCUT2D eigenvalue weighted by molar-refractivity contribution is 0.112. The van der Waals surface area contributed by atoms with Crippen LogP contribution in [0.3, 0.4) is 0 Å². The number of rotatable bonds is 4. The van der Waals surface area contributed by atoms with Crippen molar-refractivity contribution < 1.29 is 14.3 Å². The molecule has 0 amide bonds. The molecule has 0 spiro atoms. The standard InChI is InChI=1S/C14H19NO3/c1-17-13-8-10(9-16)7-12(14(13)18-2)11-3-5-15-6-4-11/h7-9,11,15H,3-6H2,1-2H3. The van der Waals surface area contributed by atoms with Gasteiger partial charge in [0.15, 0.2) is 11.5 Å². The van der Waals surface area contributed by atoms with Gasteiger partial charge in [-0.25, -0.2) is 0 Å². The lowest BCUT2D eigenvalue weighted by atomic mass is 9.88. The maximum absolute atomic E-state index is 11.0. The molecule has 1 aliphatic rings. The van der Waals surface area contributed by atoms with Gasteiger partial charge in [-0.3, -0.25) is 4.79 Å². The highest BCUT2D eigenvalue weighted by molar-refractivity contribution is 5.77. The molecule has 18 heavy (non-hydrogen) atoms. The third-order valence-corrected chi connectivity index (χ3v) is 3.45. The second-order valence-corrected chi connectivity index (χ2v) is 4.49. The summed E-state index contributed by atoms with van der Waals surface area (Å²) in [5.74, 6) is 1.82. The fourth-order valence-electron chi connectivity index (χ4n) is 2.52. The smallest absolute Gasteiger partial charge is 0.164 e. The van der Waals surface area contributed by atoms with Crippen molar-refractivity contribution in [3.05, 3.63) is 23.3 Å². The summed E-state index contributed by atoms with van der Waals surface area (Å²) in [5.41, 5.74) is 1.72. The molecular formula is C14H19NO3. The number of piperidine rings is 1. The summed E-state index contributed by atoms with van der Waals surface area (Å²) in [6, 6.07) is 3.64. The monoisotopic (exact) mass is 249 g/mol. The summed E-state index contributed by atoms with van der Waals surface area (Å²) in [4.78, 5) is 11.0. The van der Waals surface area contributed by atoms with Crippen molar-refractivity contribution in [1.29, 1.82) is 0 Å². The molecule has 4 nitrogen and oxygen atoms in total. The lowest BCUT2D eigenvalue weighted by Gasteiger charge is -2.25. The van der Waals surface area contributed by atoms with Gasteiger partial charge in [-0.05, 0) is 44.0 Å². The highest BCUT2D eigenvalue weighted by atomic mass is 16.5. The molecule has 0 aliphatic carbocycles. The molecule has 0 bridgehead atoms. The summed E-state index contributed by atoms with van der Waals surface area (Å²) in [6.07, 6.45) is 2.97. The molecule has 0 unspecified atom stereocenters. The zero-order valence-corrected chi connectivity index (χ0v) is 10.9. The third-order valence-electron chi connectivity index (χ3n) is 3.45. The van der Waals surface area contributed by atoms with Crippen LogP contribution in [0.5, 0.6) is 11.5 Å². The van der Waals surface area contributed by atoms with E-state index in [4.69, 9.17) is 9.47 Å². The van der Waals surface area contributed by atoms with Crippen LogP contribution in [0.2, 0.25) is 0 Å². The van der Waals surface area contributed by atoms with E-state index in [9.17, 15) is 4.79 Å². The normalized spacial score (nSPS) is 16.3. The molecule has 1 aromatic carbocycles. The molecule has 0 radical (unpaired) electrons. The van der Waals surface area contributed by atoms with Crippen LogP contribution in [0.4, 0.5) is 0 Å². The molecule has 4 heteroatoms. The highest BCUT2D eigenvalue weighted by Gasteiger charge is 2.22. The quantitative estimate of drug-likeness (QED) is 0.829. The number of carbonyl (C=O) groups excluding carboxylic acids is 1. The molecule has 1 saturated heterocycles. The Labute approximate surface area is 107 Å². The average molecular weight is 249 g/mol. The van der Waals surface area contributed by atoms with Gasteiger partial charge in [0.1, 0.15) is 6.29 Å². The van der Waals surface area contributed by atoms with Crippen molar-refractivity contribution in [2.24, 2.45) is 0 Å². The van der Waals surface area contributed by atoms with Gasteiger partial charge in [0, 0.05) is 11.1 Å². The van der Waals surface area contributed by atoms with Crippen molar-refractivity contribution in [1.82, 2.24) is 5.32 Å². The molecule has 0 atom stereocenters. The highest BCUT2D eigenvalue weighted by Crippen LogP contribution is 2.39. The fourth-order valence-corrected chi connectivity index (χ4v) is 2.52. The summed E-state index contributed by atoms with van der Waals surface area (Å²) in [7, 11) is 3.24. The predicted molar refractivity (Wildman–Crippen MR) is 69.8 cm³/mol. The molecule has 0 aromatic heterocycles. The molecular weight excluding hydrogens is 230 g/mol. The first-order valence-electron chi connectivity index (χ1n) is 6.22. The van der Waals surface area contributed by atoms with E-state index in [0.29, 0.717) is 17.2 Å². The summed E-state index contributed by atoms with van der Waals surface area (Å²) in [5, 5.41) is 3.34. The number of benzene rings is 1. The molecule has 0 saturated carbocycles. The Morgan fingerprint density at radius 2 is 1.94 bits per heavy atom. The van der Waals surface area contributed by atoms with E-state index in [1.807, 2.05) is 6.07 Å². The number of nitrogens with one attached hydrogen (secondary N) is 1. The second-order valence-electron chi connectivity index (χ2n) is 4.49. The molecule has 2 rings (SSSR count). The zero-order chi connectivity index (χ0) is 13.0. The van der Waals surface area contributed by atoms with Crippen LogP contribution in [0.1, 0.15) is 34.7 Å². The Kier molecular flexibility index (Phi) is 4.20. The topological polar surface area (TPSA) is 47.6 Å². The Bertz CT molecular complexity index is 425. The summed E-state index contributed by atoms with van der Waals surface area (Å²) < 4.78 is 10.8. The average Bonchev–Trinajstić information content (AvgIpc) is 2.46. The van der Waals surface area contributed by atoms with E-state index in [-0.39, 0.29) is 0 Å². The Morgan fingerprint density at radius 1 is 1.22 bits per heavy atom. The van der Waals surface area contributed by atoms with Gasteiger partial charge in [0.05, 0.1) is 14.2 Å². The molecule has 1 aliphatic heterocycles. The minimum Gasteiger partial charge on any atom is -0.493 e. The minimum atomic E-state index is 0.426. The van der Waals surface area contributed by atoms with Crippen molar-refractivity contribution in [2.75, 3.05) is 27.3 Å². The van der Waals surface area contributed by atoms with Gasteiger partial charge in [-0.2, -0.15) is 0 Å². The van der Waals surface area contributed by atoms with Crippen LogP contribution in [-0.2, 0) is 0 Å². The van der Waals surface area contributed by atoms with Gasteiger partial charge in [0.25, 0.3) is 0 Å². The number of aldehydes is 1. The lowest BCUT2D eigenvalue weighted by Crippen LogP contribution is -2.27. The maximum atomic E-state index is 11.0. The first-order chi connectivity index (χ1) is 8.80. The van der Waals surface area contributed by atoms with E-state index >= 15 is 0 Å². The Balaban J connectivity index is 2.44. The molecule has 1 aromatic rings. The van der Waals surface area contributed by atoms with E-state index in [1.54, 1.807) is 20.3 Å². The van der Waals surface area contributed by atoms with E-state index in [2.05, 4.69) is 5.32 Å². The molecule has 98 valence electrons. The number of methoxy groups -OCH3 is 2. The van der Waals surface area contributed by atoms with Crippen LogP contribution in [0.25, 0.3) is 0 Å². The first-order valence-corrected chi connectivity index (χ1v) is 6.22. The number of carbonyl (C=O) groups is 1. The maximum Gasteiger partial charge on any atom is 0.164 e. The first kappa shape index (κ1) is 12.9. The fraction of sp³-hybridized carbons (Fsp3) is 0.500. The predicted octanol–water partition coefficient (Wildman–Crippen LogP) is 1.98. The van der Waals surface area contributed by atoms with E-state index < -0.39 is 0 Å². The SMILES string of the molecule is COc1cc(C=O)cc(C2CCNCC2)c1OC. The summed E-state index contributed by atoms with van der Waals surface area (Å²) >= 11 is 0. The van der Waals surface area contributed by atoms with Gasteiger partial charge in [0.2, 0.25) is 0 Å². The number of hydrogen-bond donors (Lipinski definition) is 1. The van der Waals surface area contributed by atoms with Gasteiger partial charge in [-0.1, -0.05) is 0 Å². The van der Waals surface area contributed by atoms with Crippen molar-refractivity contribution in [3.8, 4) is 11.5 Å². The number of ether oxygens (including phenoxy) is 2. The Hall–Kier alpha value is -1.55. The molecule has 1 fully saturated rings. The second kappa shape index (κ2) is 5.87. The van der Waals surface area contributed by atoms with E-state index in [0.717, 1.165) is 43.5 Å². The van der Waals surface area contributed by atoms with Gasteiger partial charge >= 0.3 is 0 Å². The third kappa shape index (κ3) is 2.48. The van der Waals surface area contributed by atoms with Crippen LogP contribution < -0.4 is 14.8 Å². The van der Waals surface area contributed by atoms with Crippen LogP contribution >= 0.6 is 0 Å². The molecule has 1 heterocycles. The van der Waals surface area contributed by atoms with Crippen molar-refractivity contribution in [3.63, 3.8) is 0 Å². The van der Waals surface area contributed by atoms with E-state index in [1.165, 1.54) is 0 Å². The van der Waals surface area contributed by atoms with Crippen LogP contribution in [0, 0.1) is 0 Å². The van der Waals surface area contributed by atoms with Crippen molar-refractivity contribution >= 4 is 6.29 Å². The minimum absolute atomic E-state index is 0.426. The Morgan fingerprint density at radius 3 is 2.50 bits per heavy atom. The van der Waals surface area contributed by atoms with Crippen LogP contribution in [0.15, 0.2) is 12.1 Å². The van der Waals surface area contributed by atoms with Gasteiger partial charge < -0.3 is 14.8 Å².